The van der Waals surface area contributed by atoms with Crippen LogP contribution in [0, 0.1) is 0 Å². The summed E-state index contributed by atoms with van der Waals surface area (Å²) >= 11 is 0. The van der Waals surface area contributed by atoms with Crippen molar-refractivity contribution in [2.45, 2.75) is 32.4 Å². The van der Waals surface area contributed by atoms with Crippen molar-refractivity contribution in [3.8, 4) is 5.75 Å². The van der Waals surface area contributed by atoms with E-state index in [0.717, 1.165) is 0 Å². The standard InChI is InChI=1S/C13H18N2O5.Li/c1-13(2,3)20-12(18)15-10(11(16)17)9-6-5-8(19-4)7-14-9;/h5-7,10H,1-4H3,(H,15,18)(H,16,17);/q;+1/p-1. The van der Waals surface area contributed by atoms with Crippen molar-refractivity contribution in [2.75, 3.05) is 7.11 Å². The van der Waals surface area contributed by atoms with Crippen molar-refractivity contribution in [1.29, 1.82) is 0 Å². The summed E-state index contributed by atoms with van der Waals surface area (Å²) in [6, 6.07) is 1.57. The third-order valence-electron chi connectivity index (χ3n) is 2.19. The van der Waals surface area contributed by atoms with Crippen LogP contribution in [0.2, 0.25) is 0 Å². The molecule has 1 heterocycles. The van der Waals surface area contributed by atoms with Crippen LogP contribution in [0.25, 0.3) is 0 Å². The number of rotatable bonds is 4. The first kappa shape index (κ1) is 19.3. The van der Waals surface area contributed by atoms with Crippen molar-refractivity contribution >= 4 is 12.1 Å². The summed E-state index contributed by atoms with van der Waals surface area (Å²) in [4.78, 5) is 26.6. The Morgan fingerprint density at radius 2 is 1.95 bits per heavy atom. The third-order valence-corrected chi connectivity index (χ3v) is 2.19. The Bertz CT molecular complexity index is 484. The van der Waals surface area contributed by atoms with Crippen LogP contribution in [-0.4, -0.2) is 29.8 Å². The van der Waals surface area contributed by atoms with Crippen molar-refractivity contribution in [2.24, 2.45) is 0 Å². The fourth-order valence-corrected chi connectivity index (χ4v) is 1.36. The maximum Gasteiger partial charge on any atom is 1.00 e. The molecule has 8 heteroatoms. The predicted molar refractivity (Wildman–Crippen MR) is 67.9 cm³/mol. The molecule has 0 spiro atoms. The van der Waals surface area contributed by atoms with Gasteiger partial charge in [0.2, 0.25) is 0 Å². The minimum atomic E-state index is -1.48. The van der Waals surface area contributed by atoms with Gasteiger partial charge in [-0.05, 0) is 32.9 Å². The topological polar surface area (TPSA) is 101 Å². The Balaban J connectivity index is 0.00000400. The number of nitrogens with one attached hydrogen (secondary N) is 1. The third kappa shape index (κ3) is 6.52. The smallest absolute Gasteiger partial charge is 0.547 e. The molecule has 110 valence electrons. The zero-order chi connectivity index (χ0) is 15.3. The minimum Gasteiger partial charge on any atom is -0.547 e. The summed E-state index contributed by atoms with van der Waals surface area (Å²) in [5.74, 6) is -1.00. The molecular formula is C13H17LiN2O5. The number of amides is 1. The van der Waals surface area contributed by atoms with Crippen molar-refractivity contribution in [3.05, 3.63) is 24.0 Å². The molecule has 0 aromatic carbocycles. The predicted octanol–water partition coefficient (Wildman–Crippen LogP) is -2.59. The van der Waals surface area contributed by atoms with Crippen LogP contribution in [0.4, 0.5) is 4.79 Å². The maximum atomic E-state index is 11.6. The summed E-state index contributed by atoms with van der Waals surface area (Å²) in [6.07, 6.45) is 0.492. The van der Waals surface area contributed by atoms with E-state index in [2.05, 4.69) is 10.3 Å². The number of aliphatic carboxylic acids is 1. The molecule has 1 rings (SSSR count). The van der Waals surface area contributed by atoms with E-state index >= 15 is 0 Å². The average molecular weight is 288 g/mol. The average Bonchev–Trinajstić information content (AvgIpc) is 2.34. The van der Waals surface area contributed by atoms with E-state index in [1.54, 1.807) is 20.8 Å². The monoisotopic (exact) mass is 288 g/mol. The molecule has 21 heavy (non-hydrogen) atoms. The van der Waals surface area contributed by atoms with Crippen LogP contribution >= 0.6 is 0 Å². The minimum absolute atomic E-state index is 0. The van der Waals surface area contributed by atoms with Gasteiger partial charge in [0.25, 0.3) is 0 Å². The Morgan fingerprint density at radius 3 is 2.33 bits per heavy atom. The number of ether oxygens (including phenoxy) is 2. The summed E-state index contributed by atoms with van der Waals surface area (Å²) in [6.45, 7) is 5.02. The normalized spacial score (nSPS) is 11.8. The number of carboxylic acid groups (broad SMARTS) is 1. The molecule has 0 bridgehead atoms. The Labute approximate surface area is 135 Å². The summed E-state index contributed by atoms with van der Waals surface area (Å²) in [7, 11) is 1.46. The van der Waals surface area contributed by atoms with Gasteiger partial charge < -0.3 is 24.7 Å². The molecule has 1 unspecified atom stereocenters. The molecule has 0 aliphatic heterocycles. The summed E-state index contributed by atoms with van der Waals surface area (Å²) in [5.41, 5.74) is -0.606. The number of nitrogens with zero attached hydrogens (tertiary/aromatic N) is 1. The number of hydrogen-bond acceptors (Lipinski definition) is 6. The first-order valence-corrected chi connectivity index (χ1v) is 5.93. The van der Waals surface area contributed by atoms with Gasteiger partial charge in [0.1, 0.15) is 17.4 Å². The summed E-state index contributed by atoms with van der Waals surface area (Å²) < 4.78 is 9.91. The second-order valence-electron chi connectivity index (χ2n) is 5.02. The Morgan fingerprint density at radius 1 is 1.33 bits per heavy atom. The zero-order valence-electron chi connectivity index (χ0n) is 12.8. The number of aromatic nitrogens is 1. The van der Waals surface area contributed by atoms with Crippen LogP contribution in [0.15, 0.2) is 18.3 Å². The van der Waals surface area contributed by atoms with E-state index in [1.807, 2.05) is 0 Å². The van der Waals surface area contributed by atoms with Gasteiger partial charge in [0.15, 0.2) is 0 Å². The van der Waals surface area contributed by atoms with E-state index in [1.165, 1.54) is 25.4 Å². The van der Waals surface area contributed by atoms with E-state index in [0.29, 0.717) is 5.75 Å². The Hall–Kier alpha value is -1.71. The first-order chi connectivity index (χ1) is 9.23. The maximum absolute atomic E-state index is 11.6. The fraction of sp³-hybridized carbons (Fsp3) is 0.462. The van der Waals surface area contributed by atoms with E-state index < -0.39 is 23.7 Å². The van der Waals surface area contributed by atoms with Gasteiger partial charge in [-0.25, -0.2) is 4.79 Å². The molecule has 7 nitrogen and oxygen atoms in total. The molecule has 0 saturated heterocycles. The Kier molecular flexibility index (Phi) is 7.26. The van der Waals surface area contributed by atoms with Crippen molar-refractivity contribution in [3.63, 3.8) is 0 Å². The number of hydrogen-bond donors (Lipinski definition) is 1. The first-order valence-electron chi connectivity index (χ1n) is 5.93. The zero-order valence-corrected chi connectivity index (χ0v) is 12.8. The van der Waals surface area contributed by atoms with Gasteiger partial charge in [-0.2, -0.15) is 0 Å². The largest absolute Gasteiger partial charge is 1.00 e. The second kappa shape index (κ2) is 7.91. The van der Waals surface area contributed by atoms with Crippen molar-refractivity contribution in [1.82, 2.24) is 10.3 Å². The number of carbonyl (C=O) groups excluding carboxylic acids is 2. The van der Waals surface area contributed by atoms with Crippen LogP contribution in [0.5, 0.6) is 5.75 Å². The molecule has 1 amide bonds. The SMILES string of the molecule is COc1ccc(C(NC(=O)OC(C)(C)C)C(=O)[O-])nc1.[Li+]. The quantitative estimate of drug-likeness (QED) is 0.610. The molecule has 0 aliphatic rings. The molecule has 0 saturated carbocycles. The van der Waals surface area contributed by atoms with Crippen LogP contribution in [0.1, 0.15) is 32.5 Å². The molecule has 0 fully saturated rings. The van der Waals surface area contributed by atoms with Gasteiger partial charge in [0.05, 0.1) is 25.0 Å². The van der Waals surface area contributed by atoms with Crippen LogP contribution in [0.3, 0.4) is 0 Å². The van der Waals surface area contributed by atoms with Gasteiger partial charge in [-0.1, -0.05) is 0 Å². The molecule has 1 aromatic rings. The van der Waals surface area contributed by atoms with E-state index in [-0.39, 0.29) is 24.6 Å². The molecule has 0 aliphatic carbocycles. The molecule has 0 radical (unpaired) electrons. The number of carboxylic acids is 1. The van der Waals surface area contributed by atoms with Crippen LogP contribution in [-0.2, 0) is 9.53 Å². The van der Waals surface area contributed by atoms with E-state index in [4.69, 9.17) is 9.47 Å². The number of pyridine rings is 1. The van der Waals surface area contributed by atoms with Crippen molar-refractivity contribution < 1.29 is 43.0 Å². The van der Waals surface area contributed by atoms with Crippen LogP contribution < -0.4 is 34.0 Å². The number of alkyl carbamates (subject to hydrolysis) is 1. The van der Waals surface area contributed by atoms with Gasteiger partial charge in [0, 0.05) is 0 Å². The number of carbonyl (C=O) groups is 2. The van der Waals surface area contributed by atoms with Gasteiger partial charge >= 0.3 is 25.0 Å². The molecule has 1 atom stereocenters. The number of methoxy groups -OCH3 is 1. The molecule has 1 N–H and O–H groups in total. The fourth-order valence-electron chi connectivity index (χ4n) is 1.36. The van der Waals surface area contributed by atoms with Gasteiger partial charge in [-0.15, -0.1) is 0 Å². The summed E-state index contributed by atoms with van der Waals surface area (Å²) in [5, 5.41) is 13.3. The van der Waals surface area contributed by atoms with Gasteiger partial charge in [-0.3, -0.25) is 4.98 Å². The second-order valence-corrected chi connectivity index (χ2v) is 5.02. The molecule has 1 aromatic heterocycles. The van der Waals surface area contributed by atoms with E-state index in [9.17, 15) is 14.7 Å². The molecular weight excluding hydrogens is 271 g/mol.